The van der Waals surface area contributed by atoms with Crippen LogP contribution in [0, 0.1) is 0 Å². The van der Waals surface area contributed by atoms with Gasteiger partial charge in [-0.2, -0.15) is 0 Å². The maximum absolute atomic E-state index is 10.3. The Morgan fingerprint density at radius 2 is 2.20 bits per heavy atom. The fraction of sp³-hybridized carbons (Fsp3) is 0.857. The van der Waals surface area contributed by atoms with Crippen LogP contribution in [0.5, 0.6) is 0 Å². The summed E-state index contributed by atoms with van der Waals surface area (Å²) in [6.07, 6.45) is 1.29. The van der Waals surface area contributed by atoms with Gasteiger partial charge >= 0.3 is 0 Å². The second-order valence-corrected chi connectivity index (χ2v) is 2.29. The highest BCUT2D eigenvalue weighted by molar-refractivity contribution is 5.57. The van der Waals surface area contributed by atoms with Gasteiger partial charge in [0.25, 0.3) is 0 Å². The number of aldehydes is 1. The molecule has 1 fully saturated rings. The fourth-order valence-corrected chi connectivity index (χ4v) is 1.06. The summed E-state index contributed by atoms with van der Waals surface area (Å²) in [7, 11) is 0. The zero-order chi connectivity index (χ0) is 7.40. The van der Waals surface area contributed by atoms with Gasteiger partial charge in [0.2, 0.25) is 0 Å². The van der Waals surface area contributed by atoms with Gasteiger partial charge in [0, 0.05) is 0 Å². The van der Waals surface area contributed by atoms with Crippen LogP contribution in [0.15, 0.2) is 0 Å². The Labute approximate surface area is 60.3 Å². The van der Waals surface area contributed by atoms with Crippen LogP contribution in [0.2, 0.25) is 0 Å². The van der Waals surface area contributed by atoms with E-state index < -0.39 is 0 Å². The number of hydrogen-bond acceptors (Lipinski definition) is 3. The summed E-state index contributed by atoms with van der Waals surface area (Å²) >= 11 is 0. The second kappa shape index (κ2) is 3.68. The Hall–Kier alpha value is -0.410. The summed E-state index contributed by atoms with van der Waals surface area (Å²) in [4.78, 5) is 10.3. The second-order valence-electron chi connectivity index (χ2n) is 2.29. The molecule has 0 bridgehead atoms. The predicted octanol–water partition coefficient (Wildman–Crippen LogP) is 0.379. The first kappa shape index (κ1) is 7.69. The Morgan fingerprint density at radius 1 is 1.50 bits per heavy atom. The summed E-state index contributed by atoms with van der Waals surface area (Å²) < 4.78 is 10.4. The third-order valence-corrected chi connectivity index (χ3v) is 1.63. The molecule has 0 aliphatic carbocycles. The summed E-state index contributed by atoms with van der Waals surface area (Å²) in [6.45, 7) is 3.14. The van der Waals surface area contributed by atoms with Crippen molar-refractivity contribution in [2.24, 2.45) is 0 Å². The van der Waals surface area contributed by atoms with E-state index in [1.807, 2.05) is 6.92 Å². The van der Waals surface area contributed by atoms with Crippen LogP contribution in [0.25, 0.3) is 0 Å². The zero-order valence-electron chi connectivity index (χ0n) is 6.08. The lowest BCUT2D eigenvalue weighted by Gasteiger charge is -2.27. The molecule has 3 nitrogen and oxygen atoms in total. The average molecular weight is 144 g/mol. The standard InChI is InChI=1S/C7H12O3/c1-2-6-7(5-8)10-4-3-9-6/h5-7H,2-4H2,1H3. The highest BCUT2D eigenvalue weighted by Gasteiger charge is 2.24. The minimum atomic E-state index is -0.334. The van der Waals surface area contributed by atoms with Crippen molar-refractivity contribution in [2.45, 2.75) is 25.6 Å². The van der Waals surface area contributed by atoms with Gasteiger partial charge in [-0.15, -0.1) is 0 Å². The van der Waals surface area contributed by atoms with E-state index in [-0.39, 0.29) is 12.2 Å². The smallest absolute Gasteiger partial charge is 0.151 e. The van der Waals surface area contributed by atoms with E-state index in [1.165, 1.54) is 0 Å². The van der Waals surface area contributed by atoms with E-state index >= 15 is 0 Å². The first-order valence-corrected chi connectivity index (χ1v) is 3.57. The molecule has 0 aromatic rings. The largest absolute Gasteiger partial charge is 0.373 e. The lowest BCUT2D eigenvalue weighted by Crippen LogP contribution is -2.38. The minimum Gasteiger partial charge on any atom is -0.373 e. The van der Waals surface area contributed by atoms with Gasteiger partial charge in [-0.1, -0.05) is 6.92 Å². The molecule has 58 valence electrons. The van der Waals surface area contributed by atoms with Crippen molar-refractivity contribution in [3.63, 3.8) is 0 Å². The highest BCUT2D eigenvalue weighted by Crippen LogP contribution is 2.10. The van der Waals surface area contributed by atoms with Crippen molar-refractivity contribution >= 4 is 6.29 Å². The predicted molar refractivity (Wildman–Crippen MR) is 35.8 cm³/mol. The van der Waals surface area contributed by atoms with Crippen molar-refractivity contribution in [1.29, 1.82) is 0 Å². The van der Waals surface area contributed by atoms with Crippen molar-refractivity contribution < 1.29 is 14.3 Å². The van der Waals surface area contributed by atoms with Gasteiger partial charge in [0.05, 0.1) is 19.3 Å². The molecule has 0 aromatic heterocycles. The molecule has 3 heteroatoms. The van der Waals surface area contributed by atoms with Gasteiger partial charge in [-0.3, -0.25) is 0 Å². The number of rotatable bonds is 2. The Balaban J connectivity index is 2.41. The molecule has 1 heterocycles. The fourth-order valence-electron chi connectivity index (χ4n) is 1.06. The third-order valence-electron chi connectivity index (χ3n) is 1.63. The summed E-state index contributed by atoms with van der Waals surface area (Å²) in [5.41, 5.74) is 0. The van der Waals surface area contributed by atoms with E-state index in [0.29, 0.717) is 13.2 Å². The Morgan fingerprint density at radius 3 is 2.70 bits per heavy atom. The average Bonchev–Trinajstić information content (AvgIpc) is 2.04. The topological polar surface area (TPSA) is 35.5 Å². The number of hydrogen-bond donors (Lipinski definition) is 0. The molecule has 0 aromatic carbocycles. The molecule has 1 saturated heterocycles. The van der Waals surface area contributed by atoms with E-state index in [0.717, 1.165) is 12.7 Å². The summed E-state index contributed by atoms with van der Waals surface area (Å²) in [5.74, 6) is 0. The van der Waals surface area contributed by atoms with E-state index in [2.05, 4.69) is 0 Å². The molecular weight excluding hydrogens is 132 g/mol. The molecule has 0 radical (unpaired) electrons. The summed E-state index contributed by atoms with van der Waals surface area (Å²) in [5, 5.41) is 0. The lowest BCUT2D eigenvalue weighted by atomic mass is 10.1. The van der Waals surface area contributed by atoms with Gasteiger partial charge in [-0.05, 0) is 6.42 Å². The quantitative estimate of drug-likeness (QED) is 0.525. The lowest BCUT2D eigenvalue weighted by molar-refractivity contribution is -0.153. The van der Waals surface area contributed by atoms with Gasteiger partial charge < -0.3 is 14.3 Å². The molecule has 1 rings (SSSR count). The molecule has 1 aliphatic rings. The molecular formula is C7H12O3. The van der Waals surface area contributed by atoms with Crippen LogP contribution in [0.1, 0.15) is 13.3 Å². The molecule has 0 saturated carbocycles. The van der Waals surface area contributed by atoms with Crippen LogP contribution in [-0.2, 0) is 14.3 Å². The molecule has 0 N–H and O–H groups in total. The van der Waals surface area contributed by atoms with Gasteiger partial charge in [0.1, 0.15) is 6.10 Å². The molecule has 2 atom stereocenters. The van der Waals surface area contributed by atoms with E-state index in [4.69, 9.17) is 9.47 Å². The van der Waals surface area contributed by atoms with Crippen molar-refractivity contribution in [3.05, 3.63) is 0 Å². The van der Waals surface area contributed by atoms with Crippen molar-refractivity contribution in [1.82, 2.24) is 0 Å². The maximum atomic E-state index is 10.3. The van der Waals surface area contributed by atoms with Crippen LogP contribution in [0.3, 0.4) is 0 Å². The van der Waals surface area contributed by atoms with Crippen molar-refractivity contribution in [2.75, 3.05) is 13.2 Å². The van der Waals surface area contributed by atoms with E-state index in [1.54, 1.807) is 0 Å². The van der Waals surface area contributed by atoms with Crippen LogP contribution in [-0.4, -0.2) is 31.7 Å². The molecule has 0 amide bonds. The molecule has 0 spiro atoms. The Bertz CT molecular complexity index is 113. The number of ether oxygens (including phenoxy) is 2. The number of carbonyl (C=O) groups excluding carboxylic acids is 1. The first-order chi connectivity index (χ1) is 4.88. The van der Waals surface area contributed by atoms with Crippen LogP contribution in [0.4, 0.5) is 0 Å². The molecule has 1 aliphatic heterocycles. The van der Waals surface area contributed by atoms with E-state index in [9.17, 15) is 4.79 Å². The Kier molecular flexibility index (Phi) is 2.83. The monoisotopic (exact) mass is 144 g/mol. The van der Waals surface area contributed by atoms with Crippen molar-refractivity contribution in [3.8, 4) is 0 Å². The summed E-state index contributed by atoms with van der Waals surface area (Å²) in [6, 6.07) is 0. The van der Waals surface area contributed by atoms with Gasteiger partial charge in [0.15, 0.2) is 6.29 Å². The molecule has 2 unspecified atom stereocenters. The zero-order valence-corrected chi connectivity index (χ0v) is 6.08. The maximum Gasteiger partial charge on any atom is 0.151 e. The molecule has 10 heavy (non-hydrogen) atoms. The minimum absolute atomic E-state index is 0.0220. The first-order valence-electron chi connectivity index (χ1n) is 3.57. The number of carbonyl (C=O) groups is 1. The van der Waals surface area contributed by atoms with Crippen LogP contribution < -0.4 is 0 Å². The SMILES string of the molecule is CCC1OCCOC1C=O. The third kappa shape index (κ3) is 1.55. The normalized spacial score (nSPS) is 33.7. The van der Waals surface area contributed by atoms with Gasteiger partial charge in [-0.25, -0.2) is 0 Å². The van der Waals surface area contributed by atoms with Crippen LogP contribution >= 0.6 is 0 Å². The highest BCUT2D eigenvalue weighted by atomic mass is 16.6.